The summed E-state index contributed by atoms with van der Waals surface area (Å²) in [6, 6.07) is 1.49. The predicted octanol–water partition coefficient (Wildman–Crippen LogP) is 2.59. The summed E-state index contributed by atoms with van der Waals surface area (Å²) in [7, 11) is 0. The first-order valence-electron chi connectivity index (χ1n) is 5.44. The van der Waals surface area contributed by atoms with Crippen molar-refractivity contribution in [2.24, 2.45) is 5.92 Å². The Morgan fingerprint density at radius 1 is 1.56 bits per heavy atom. The van der Waals surface area contributed by atoms with Crippen LogP contribution in [0.4, 0.5) is 0 Å². The van der Waals surface area contributed by atoms with Gasteiger partial charge < -0.3 is 9.84 Å². The van der Waals surface area contributed by atoms with Crippen LogP contribution in [0.5, 0.6) is 5.75 Å². The van der Waals surface area contributed by atoms with Crippen molar-refractivity contribution in [3.05, 3.63) is 24.0 Å². The lowest BCUT2D eigenvalue weighted by molar-refractivity contribution is 0.0696. The van der Waals surface area contributed by atoms with Gasteiger partial charge in [0.1, 0.15) is 5.75 Å². The lowest BCUT2D eigenvalue weighted by Crippen LogP contribution is -2.09. The van der Waals surface area contributed by atoms with Crippen molar-refractivity contribution in [2.75, 3.05) is 6.61 Å². The molecule has 0 aliphatic carbocycles. The number of carboxylic acid groups (broad SMARTS) is 1. The van der Waals surface area contributed by atoms with E-state index in [0.29, 0.717) is 18.3 Å². The molecule has 1 unspecified atom stereocenters. The Morgan fingerprint density at radius 3 is 2.94 bits per heavy atom. The number of carbonyl (C=O) groups is 1. The van der Waals surface area contributed by atoms with Crippen LogP contribution < -0.4 is 4.74 Å². The molecule has 0 saturated heterocycles. The minimum atomic E-state index is -0.987. The average molecular weight is 223 g/mol. The lowest BCUT2D eigenvalue weighted by Gasteiger charge is -2.11. The molecule has 0 aliphatic heterocycles. The van der Waals surface area contributed by atoms with E-state index in [1.54, 1.807) is 0 Å². The molecular formula is C12H17NO3. The molecule has 1 heterocycles. The second-order valence-corrected chi connectivity index (χ2v) is 3.92. The molecule has 1 atom stereocenters. The van der Waals surface area contributed by atoms with Gasteiger partial charge in [0.2, 0.25) is 0 Å². The first-order valence-corrected chi connectivity index (χ1v) is 5.44. The number of ether oxygens (including phenoxy) is 1. The van der Waals surface area contributed by atoms with E-state index in [1.165, 1.54) is 18.5 Å². The molecule has 1 N–H and O–H groups in total. The van der Waals surface area contributed by atoms with E-state index >= 15 is 0 Å². The third-order valence-corrected chi connectivity index (χ3v) is 2.28. The first kappa shape index (κ1) is 12.5. The van der Waals surface area contributed by atoms with E-state index in [2.05, 4.69) is 18.8 Å². The molecule has 0 aliphatic rings. The fourth-order valence-electron chi connectivity index (χ4n) is 1.43. The summed E-state index contributed by atoms with van der Waals surface area (Å²) < 4.78 is 5.49. The zero-order valence-electron chi connectivity index (χ0n) is 9.64. The van der Waals surface area contributed by atoms with Gasteiger partial charge in [-0.3, -0.25) is 4.98 Å². The van der Waals surface area contributed by atoms with Gasteiger partial charge >= 0.3 is 5.97 Å². The van der Waals surface area contributed by atoms with E-state index in [1.807, 2.05) is 0 Å². The maximum atomic E-state index is 10.7. The molecule has 0 saturated carbocycles. The minimum Gasteiger partial charge on any atom is -0.492 e. The van der Waals surface area contributed by atoms with Crippen LogP contribution in [-0.2, 0) is 0 Å². The Labute approximate surface area is 95.3 Å². The first-order chi connectivity index (χ1) is 7.63. The molecule has 4 heteroatoms. The SMILES string of the molecule is CCCC(C)COc1cncc(C(=O)O)c1. The molecule has 0 amide bonds. The van der Waals surface area contributed by atoms with Gasteiger partial charge in [-0.05, 0) is 18.4 Å². The molecule has 0 fully saturated rings. The molecule has 0 bridgehead atoms. The highest BCUT2D eigenvalue weighted by Gasteiger charge is 2.06. The molecule has 4 nitrogen and oxygen atoms in total. The summed E-state index contributed by atoms with van der Waals surface area (Å²) in [4.78, 5) is 14.5. The van der Waals surface area contributed by atoms with Gasteiger partial charge in [-0.2, -0.15) is 0 Å². The Kier molecular flexibility index (Phi) is 4.76. The van der Waals surface area contributed by atoms with Gasteiger partial charge in [0.15, 0.2) is 0 Å². The third kappa shape index (κ3) is 3.88. The largest absolute Gasteiger partial charge is 0.492 e. The smallest absolute Gasteiger partial charge is 0.337 e. The zero-order valence-corrected chi connectivity index (χ0v) is 9.64. The molecule has 1 aromatic heterocycles. The minimum absolute atomic E-state index is 0.153. The standard InChI is InChI=1S/C12H17NO3/c1-3-4-9(2)8-16-11-5-10(12(14)15)6-13-7-11/h5-7,9H,3-4,8H2,1-2H3,(H,14,15). The topological polar surface area (TPSA) is 59.4 Å². The Bertz CT molecular complexity index is 352. The zero-order chi connectivity index (χ0) is 12.0. The molecule has 0 spiro atoms. The summed E-state index contributed by atoms with van der Waals surface area (Å²) in [5.41, 5.74) is 0.153. The maximum Gasteiger partial charge on any atom is 0.337 e. The van der Waals surface area contributed by atoms with Crippen LogP contribution in [0.2, 0.25) is 0 Å². The fourth-order valence-corrected chi connectivity index (χ4v) is 1.43. The highest BCUT2D eigenvalue weighted by molar-refractivity contribution is 5.87. The number of pyridine rings is 1. The molecular weight excluding hydrogens is 206 g/mol. The van der Waals surface area contributed by atoms with E-state index in [4.69, 9.17) is 9.84 Å². The summed E-state index contributed by atoms with van der Waals surface area (Å²) in [5, 5.41) is 8.78. The van der Waals surface area contributed by atoms with Crippen LogP contribution in [0, 0.1) is 5.92 Å². The summed E-state index contributed by atoms with van der Waals surface area (Å²) in [6.45, 7) is 4.83. The van der Waals surface area contributed by atoms with Crippen LogP contribution >= 0.6 is 0 Å². The van der Waals surface area contributed by atoms with Crippen molar-refractivity contribution in [3.8, 4) is 5.75 Å². The summed E-state index contributed by atoms with van der Waals surface area (Å²) >= 11 is 0. The summed E-state index contributed by atoms with van der Waals surface area (Å²) in [6.07, 6.45) is 5.07. The van der Waals surface area contributed by atoms with Crippen LogP contribution in [0.25, 0.3) is 0 Å². The quantitative estimate of drug-likeness (QED) is 0.805. The number of rotatable bonds is 6. The number of hydrogen-bond acceptors (Lipinski definition) is 3. The fraction of sp³-hybridized carbons (Fsp3) is 0.500. The van der Waals surface area contributed by atoms with E-state index in [-0.39, 0.29) is 5.56 Å². The monoisotopic (exact) mass is 223 g/mol. The van der Waals surface area contributed by atoms with Crippen molar-refractivity contribution in [1.82, 2.24) is 4.98 Å². The van der Waals surface area contributed by atoms with Crippen LogP contribution in [0.15, 0.2) is 18.5 Å². The molecule has 1 aromatic rings. The van der Waals surface area contributed by atoms with Gasteiger partial charge in [-0.15, -0.1) is 0 Å². The molecule has 16 heavy (non-hydrogen) atoms. The van der Waals surface area contributed by atoms with Crippen molar-refractivity contribution >= 4 is 5.97 Å². The molecule has 1 rings (SSSR count). The van der Waals surface area contributed by atoms with Crippen molar-refractivity contribution in [2.45, 2.75) is 26.7 Å². The molecule has 0 radical (unpaired) electrons. The predicted molar refractivity (Wildman–Crippen MR) is 60.8 cm³/mol. The molecule has 0 aromatic carbocycles. The normalized spacial score (nSPS) is 12.1. The summed E-state index contributed by atoms with van der Waals surface area (Å²) in [5.74, 6) is 0.000828. The van der Waals surface area contributed by atoms with Gasteiger partial charge in [0.25, 0.3) is 0 Å². The second kappa shape index (κ2) is 6.10. The van der Waals surface area contributed by atoms with Crippen LogP contribution in [0.1, 0.15) is 37.0 Å². The van der Waals surface area contributed by atoms with E-state index in [9.17, 15) is 4.79 Å². The highest BCUT2D eigenvalue weighted by atomic mass is 16.5. The Morgan fingerprint density at radius 2 is 2.31 bits per heavy atom. The number of hydrogen-bond donors (Lipinski definition) is 1. The van der Waals surface area contributed by atoms with Gasteiger partial charge in [-0.25, -0.2) is 4.79 Å². The third-order valence-electron chi connectivity index (χ3n) is 2.28. The second-order valence-electron chi connectivity index (χ2n) is 3.92. The van der Waals surface area contributed by atoms with Gasteiger partial charge in [0, 0.05) is 6.20 Å². The Balaban J connectivity index is 2.54. The van der Waals surface area contributed by atoms with Crippen molar-refractivity contribution < 1.29 is 14.6 Å². The Hall–Kier alpha value is -1.58. The number of carboxylic acids is 1. The maximum absolute atomic E-state index is 10.7. The average Bonchev–Trinajstić information content (AvgIpc) is 2.27. The van der Waals surface area contributed by atoms with Crippen molar-refractivity contribution in [3.63, 3.8) is 0 Å². The number of aromatic carboxylic acids is 1. The van der Waals surface area contributed by atoms with Crippen LogP contribution in [0.3, 0.4) is 0 Å². The highest BCUT2D eigenvalue weighted by Crippen LogP contribution is 2.13. The lowest BCUT2D eigenvalue weighted by atomic mass is 10.1. The van der Waals surface area contributed by atoms with E-state index in [0.717, 1.165) is 12.8 Å². The van der Waals surface area contributed by atoms with Gasteiger partial charge in [0.05, 0.1) is 18.4 Å². The number of nitrogens with zero attached hydrogens (tertiary/aromatic N) is 1. The van der Waals surface area contributed by atoms with Gasteiger partial charge in [-0.1, -0.05) is 20.3 Å². The van der Waals surface area contributed by atoms with Crippen molar-refractivity contribution in [1.29, 1.82) is 0 Å². The number of aromatic nitrogens is 1. The van der Waals surface area contributed by atoms with Crippen LogP contribution in [-0.4, -0.2) is 22.7 Å². The van der Waals surface area contributed by atoms with E-state index < -0.39 is 5.97 Å². The molecule has 88 valence electrons.